The van der Waals surface area contributed by atoms with Gasteiger partial charge in [-0.2, -0.15) is 4.98 Å². The Labute approximate surface area is 103 Å². The van der Waals surface area contributed by atoms with E-state index in [1.54, 1.807) is 7.11 Å². The van der Waals surface area contributed by atoms with Crippen molar-refractivity contribution in [3.05, 3.63) is 16.4 Å². The number of nitrogens with one attached hydrogen (secondary N) is 1. The van der Waals surface area contributed by atoms with Gasteiger partial charge in [-0.05, 0) is 12.8 Å². The van der Waals surface area contributed by atoms with Crippen LogP contribution in [-0.4, -0.2) is 41.3 Å². The average molecular weight is 254 g/mol. The summed E-state index contributed by atoms with van der Waals surface area (Å²) in [6.45, 7) is 0. The Morgan fingerprint density at radius 1 is 1.44 bits per heavy atom. The number of methoxy groups -OCH3 is 2. The molecule has 0 radical (unpaired) electrons. The lowest BCUT2D eigenvalue weighted by molar-refractivity contribution is -0.385. The Kier molecular flexibility index (Phi) is 3.56. The maximum atomic E-state index is 11.0. The highest BCUT2D eigenvalue weighted by Crippen LogP contribution is 2.33. The third-order valence-corrected chi connectivity index (χ3v) is 2.93. The van der Waals surface area contributed by atoms with E-state index in [0.717, 1.165) is 12.8 Å². The van der Waals surface area contributed by atoms with Gasteiger partial charge in [0.1, 0.15) is 6.33 Å². The van der Waals surface area contributed by atoms with Crippen molar-refractivity contribution in [1.82, 2.24) is 9.97 Å². The summed E-state index contributed by atoms with van der Waals surface area (Å²) in [6.07, 6.45) is 3.06. The first kappa shape index (κ1) is 12.5. The van der Waals surface area contributed by atoms with Crippen LogP contribution >= 0.6 is 0 Å². The van der Waals surface area contributed by atoms with E-state index in [-0.39, 0.29) is 29.5 Å². The van der Waals surface area contributed by atoms with Crippen LogP contribution in [0.4, 0.5) is 11.5 Å². The second-order valence-corrected chi connectivity index (χ2v) is 4.01. The highest BCUT2D eigenvalue weighted by Gasteiger charge is 2.32. The summed E-state index contributed by atoms with van der Waals surface area (Å²) in [5.41, 5.74) is -0.235. The minimum atomic E-state index is -0.548. The van der Waals surface area contributed by atoms with E-state index in [9.17, 15) is 10.1 Å². The SMILES string of the molecule is COc1ncnc(NC2CC(OC)C2)c1[N+](=O)[O-]. The topological polar surface area (TPSA) is 99.4 Å². The van der Waals surface area contributed by atoms with E-state index in [1.807, 2.05) is 0 Å². The van der Waals surface area contributed by atoms with Crippen LogP contribution in [0.5, 0.6) is 5.88 Å². The summed E-state index contributed by atoms with van der Waals surface area (Å²) in [7, 11) is 2.99. The van der Waals surface area contributed by atoms with Crippen LogP contribution in [-0.2, 0) is 4.74 Å². The fourth-order valence-corrected chi connectivity index (χ4v) is 1.85. The first-order chi connectivity index (χ1) is 8.65. The molecule has 1 N–H and O–H groups in total. The lowest BCUT2D eigenvalue weighted by atomic mass is 9.89. The quantitative estimate of drug-likeness (QED) is 0.617. The van der Waals surface area contributed by atoms with Gasteiger partial charge in [-0.3, -0.25) is 10.1 Å². The largest absolute Gasteiger partial charge is 0.476 e. The predicted molar refractivity (Wildman–Crippen MR) is 62.7 cm³/mol. The summed E-state index contributed by atoms with van der Waals surface area (Å²) in [5, 5.41) is 14.0. The van der Waals surface area contributed by atoms with Crippen molar-refractivity contribution >= 4 is 11.5 Å². The summed E-state index contributed by atoms with van der Waals surface area (Å²) in [6, 6.07) is 0.133. The molecule has 0 saturated heterocycles. The van der Waals surface area contributed by atoms with Gasteiger partial charge >= 0.3 is 5.69 Å². The van der Waals surface area contributed by atoms with Crippen molar-refractivity contribution < 1.29 is 14.4 Å². The fourth-order valence-electron chi connectivity index (χ4n) is 1.85. The van der Waals surface area contributed by atoms with E-state index >= 15 is 0 Å². The molecule has 0 amide bonds. The molecule has 8 nitrogen and oxygen atoms in total. The number of hydrogen-bond acceptors (Lipinski definition) is 7. The first-order valence-electron chi connectivity index (χ1n) is 5.48. The maximum Gasteiger partial charge on any atom is 0.372 e. The zero-order chi connectivity index (χ0) is 13.1. The van der Waals surface area contributed by atoms with Crippen LogP contribution in [0.1, 0.15) is 12.8 Å². The van der Waals surface area contributed by atoms with Crippen LogP contribution in [0, 0.1) is 10.1 Å². The molecule has 0 aromatic carbocycles. The molecular weight excluding hydrogens is 240 g/mol. The van der Waals surface area contributed by atoms with Crippen LogP contribution in [0.25, 0.3) is 0 Å². The number of hydrogen-bond donors (Lipinski definition) is 1. The number of aromatic nitrogens is 2. The molecule has 0 spiro atoms. The molecule has 0 unspecified atom stereocenters. The van der Waals surface area contributed by atoms with E-state index < -0.39 is 4.92 Å². The smallest absolute Gasteiger partial charge is 0.372 e. The van der Waals surface area contributed by atoms with Crippen LogP contribution in [0.15, 0.2) is 6.33 Å². The normalized spacial score (nSPS) is 22.1. The number of rotatable bonds is 5. The molecule has 1 aromatic rings. The third-order valence-electron chi connectivity index (χ3n) is 2.93. The highest BCUT2D eigenvalue weighted by molar-refractivity contribution is 5.61. The van der Waals surface area contributed by atoms with Crippen molar-refractivity contribution in [1.29, 1.82) is 0 Å². The van der Waals surface area contributed by atoms with Gasteiger partial charge in [0.25, 0.3) is 5.88 Å². The molecule has 8 heteroatoms. The zero-order valence-electron chi connectivity index (χ0n) is 10.1. The molecule has 0 atom stereocenters. The Hall–Kier alpha value is -1.96. The molecule has 0 aliphatic heterocycles. The molecule has 1 saturated carbocycles. The van der Waals surface area contributed by atoms with Gasteiger partial charge < -0.3 is 14.8 Å². The van der Waals surface area contributed by atoms with E-state index in [0.29, 0.717) is 0 Å². The standard InChI is InChI=1S/C10H14N4O4/c1-17-7-3-6(4-7)13-9-8(14(15)16)10(18-2)12-5-11-9/h5-7H,3-4H2,1-2H3,(H,11,12,13). The Morgan fingerprint density at radius 3 is 2.72 bits per heavy atom. The number of nitro groups is 1. The molecule has 1 fully saturated rings. The van der Waals surface area contributed by atoms with Crippen molar-refractivity contribution in [2.24, 2.45) is 0 Å². The summed E-state index contributed by atoms with van der Waals surface area (Å²) >= 11 is 0. The molecule has 2 rings (SSSR count). The highest BCUT2D eigenvalue weighted by atomic mass is 16.6. The molecule has 1 aliphatic rings. The number of ether oxygens (including phenoxy) is 2. The molecule has 98 valence electrons. The minimum absolute atomic E-state index is 0.0416. The molecule has 1 heterocycles. The van der Waals surface area contributed by atoms with Gasteiger partial charge in [-0.25, -0.2) is 4.98 Å². The summed E-state index contributed by atoms with van der Waals surface area (Å²) in [4.78, 5) is 18.1. The molecular formula is C10H14N4O4. The van der Waals surface area contributed by atoms with Gasteiger partial charge in [0.2, 0.25) is 5.82 Å². The van der Waals surface area contributed by atoms with E-state index in [4.69, 9.17) is 9.47 Å². The molecule has 1 aliphatic carbocycles. The second kappa shape index (κ2) is 5.13. The summed E-state index contributed by atoms with van der Waals surface area (Å²) in [5.74, 6) is 0.145. The Balaban J connectivity index is 2.15. The first-order valence-corrected chi connectivity index (χ1v) is 5.48. The van der Waals surface area contributed by atoms with Gasteiger partial charge in [0.15, 0.2) is 0 Å². The van der Waals surface area contributed by atoms with E-state index in [2.05, 4.69) is 15.3 Å². The minimum Gasteiger partial charge on any atom is -0.476 e. The molecule has 1 aromatic heterocycles. The Morgan fingerprint density at radius 2 is 2.17 bits per heavy atom. The van der Waals surface area contributed by atoms with Gasteiger partial charge in [0.05, 0.1) is 18.1 Å². The van der Waals surface area contributed by atoms with Gasteiger partial charge in [-0.1, -0.05) is 0 Å². The molecule has 18 heavy (non-hydrogen) atoms. The monoisotopic (exact) mass is 254 g/mol. The maximum absolute atomic E-state index is 11.0. The van der Waals surface area contributed by atoms with Gasteiger partial charge in [0, 0.05) is 13.2 Å². The van der Waals surface area contributed by atoms with Crippen LogP contribution in [0.2, 0.25) is 0 Å². The van der Waals surface area contributed by atoms with Crippen molar-refractivity contribution in [3.63, 3.8) is 0 Å². The third kappa shape index (κ3) is 2.33. The molecule has 0 bridgehead atoms. The van der Waals surface area contributed by atoms with Crippen LogP contribution < -0.4 is 10.1 Å². The van der Waals surface area contributed by atoms with Crippen molar-refractivity contribution in [2.45, 2.75) is 25.0 Å². The average Bonchev–Trinajstić information content (AvgIpc) is 2.32. The zero-order valence-corrected chi connectivity index (χ0v) is 10.1. The number of nitrogens with zero attached hydrogens (tertiary/aromatic N) is 3. The van der Waals surface area contributed by atoms with E-state index in [1.165, 1.54) is 13.4 Å². The second-order valence-electron chi connectivity index (χ2n) is 4.01. The number of anilines is 1. The summed E-state index contributed by atoms with van der Waals surface area (Å²) < 4.78 is 10.0. The van der Waals surface area contributed by atoms with Crippen molar-refractivity contribution in [2.75, 3.05) is 19.5 Å². The lowest BCUT2D eigenvalue weighted by Gasteiger charge is -2.34. The van der Waals surface area contributed by atoms with Crippen LogP contribution in [0.3, 0.4) is 0 Å². The van der Waals surface area contributed by atoms with Crippen molar-refractivity contribution in [3.8, 4) is 5.88 Å². The van der Waals surface area contributed by atoms with Gasteiger partial charge in [-0.15, -0.1) is 0 Å². The predicted octanol–water partition coefficient (Wildman–Crippen LogP) is 0.983. The lowest BCUT2D eigenvalue weighted by Crippen LogP contribution is -2.40. The Bertz CT molecular complexity index is 448. The fraction of sp³-hybridized carbons (Fsp3) is 0.600.